The Morgan fingerprint density at radius 3 is 1.68 bits per heavy atom. The number of nitrogens with one attached hydrogen (secondary N) is 4. The van der Waals surface area contributed by atoms with Crippen LogP contribution < -0.4 is 21.3 Å². The van der Waals surface area contributed by atoms with Gasteiger partial charge in [0.05, 0.1) is 25.2 Å². The third-order valence-corrected chi connectivity index (χ3v) is 2.36. The van der Waals surface area contributed by atoms with E-state index in [2.05, 4.69) is 21.3 Å². The van der Waals surface area contributed by atoms with E-state index in [9.17, 15) is 19.2 Å². The summed E-state index contributed by atoms with van der Waals surface area (Å²) in [7, 11) is 3.46. The number of Topliss-reactive ketones (excluding diaryl/α,β-unsaturated/α-hetero) is 2. The molecule has 0 bridgehead atoms. The van der Waals surface area contributed by atoms with Crippen LogP contribution in [0.5, 0.6) is 0 Å². The van der Waals surface area contributed by atoms with E-state index in [1.54, 1.807) is 14.1 Å². The van der Waals surface area contributed by atoms with Crippen LogP contribution in [0.25, 0.3) is 0 Å². The molecule has 0 aliphatic carbocycles. The molecule has 0 spiro atoms. The fourth-order valence-corrected chi connectivity index (χ4v) is 1.16. The lowest BCUT2D eigenvalue weighted by Crippen LogP contribution is -2.53. The molecule has 8 heteroatoms. The maximum atomic E-state index is 11.1. The van der Waals surface area contributed by atoms with Gasteiger partial charge in [-0.2, -0.15) is 0 Å². The van der Waals surface area contributed by atoms with Gasteiger partial charge in [0.2, 0.25) is 11.8 Å². The monoisotopic (exact) mass is 316 g/mol. The van der Waals surface area contributed by atoms with Crippen molar-refractivity contribution in [3.05, 3.63) is 0 Å². The van der Waals surface area contributed by atoms with Crippen molar-refractivity contribution in [2.24, 2.45) is 0 Å². The summed E-state index contributed by atoms with van der Waals surface area (Å²) in [6.45, 7) is 6.84. The maximum Gasteiger partial charge on any atom is 0.228 e. The van der Waals surface area contributed by atoms with E-state index in [-0.39, 0.29) is 36.2 Å². The molecule has 128 valence electrons. The molecule has 0 aromatic rings. The summed E-state index contributed by atoms with van der Waals surface area (Å²) >= 11 is 0. The molecule has 0 aliphatic rings. The van der Waals surface area contributed by atoms with Crippen molar-refractivity contribution in [3.63, 3.8) is 0 Å². The number of rotatable bonds is 8. The Balaban J connectivity index is 0. The fraction of sp³-hybridized carbons (Fsp3) is 0.714. The van der Waals surface area contributed by atoms with Crippen molar-refractivity contribution in [3.8, 4) is 0 Å². The number of carbonyl (C=O) groups excluding carboxylic acids is 4. The van der Waals surface area contributed by atoms with E-state index < -0.39 is 5.66 Å². The summed E-state index contributed by atoms with van der Waals surface area (Å²) in [5, 5.41) is 10.8. The molecule has 2 amide bonds. The van der Waals surface area contributed by atoms with E-state index in [1.165, 1.54) is 13.8 Å². The maximum absolute atomic E-state index is 11.1. The molecular weight excluding hydrogens is 288 g/mol. The second-order valence-corrected chi connectivity index (χ2v) is 5.31. The van der Waals surface area contributed by atoms with Crippen molar-refractivity contribution < 1.29 is 19.2 Å². The normalized spacial score (nSPS) is 10.1. The zero-order valence-electron chi connectivity index (χ0n) is 14.3. The number of ketones is 2. The van der Waals surface area contributed by atoms with Gasteiger partial charge in [-0.05, 0) is 41.8 Å². The molecular formula is C14H28N4O4. The Bertz CT molecular complexity index is 394. The van der Waals surface area contributed by atoms with Crippen LogP contribution in [0.4, 0.5) is 0 Å². The lowest BCUT2D eigenvalue weighted by molar-refractivity contribution is -0.129. The SMILES string of the molecule is CNC(C)(C)NC(=O)CC(C)=O.CNCNC(=O)CC(C)=O. The fourth-order valence-electron chi connectivity index (χ4n) is 1.16. The summed E-state index contributed by atoms with van der Waals surface area (Å²) in [5.74, 6) is -0.725. The van der Waals surface area contributed by atoms with E-state index in [1.807, 2.05) is 13.8 Å². The molecule has 0 aliphatic heterocycles. The van der Waals surface area contributed by atoms with Crippen LogP contribution >= 0.6 is 0 Å². The van der Waals surface area contributed by atoms with Crippen molar-refractivity contribution in [2.45, 2.75) is 46.2 Å². The van der Waals surface area contributed by atoms with Gasteiger partial charge < -0.3 is 16.0 Å². The standard InChI is InChI=1S/C8H16N2O2.C6H12N2O2/c1-6(11)5-7(12)10-8(2,3)9-4;1-5(9)3-6(10)8-4-7-2/h9H,5H2,1-4H3,(H,10,12);7H,3-4H2,1-2H3,(H,8,10). The van der Waals surface area contributed by atoms with Crippen LogP contribution in [0.2, 0.25) is 0 Å². The number of hydrogen-bond donors (Lipinski definition) is 4. The molecule has 0 rings (SSSR count). The number of amides is 2. The van der Waals surface area contributed by atoms with Gasteiger partial charge in [-0.3, -0.25) is 24.5 Å². The zero-order chi connectivity index (χ0) is 17.8. The van der Waals surface area contributed by atoms with Gasteiger partial charge >= 0.3 is 0 Å². The first kappa shape index (κ1) is 22.5. The Kier molecular flexibility index (Phi) is 12.1. The van der Waals surface area contributed by atoms with Crippen molar-refractivity contribution in [2.75, 3.05) is 20.8 Å². The Morgan fingerprint density at radius 1 is 0.864 bits per heavy atom. The van der Waals surface area contributed by atoms with E-state index >= 15 is 0 Å². The Hall–Kier alpha value is -1.80. The highest BCUT2D eigenvalue weighted by Gasteiger charge is 2.17. The van der Waals surface area contributed by atoms with Crippen LogP contribution in [-0.2, 0) is 19.2 Å². The minimum Gasteiger partial charge on any atom is -0.343 e. The molecule has 0 heterocycles. The van der Waals surface area contributed by atoms with Gasteiger partial charge in [0.15, 0.2) is 0 Å². The van der Waals surface area contributed by atoms with Crippen molar-refractivity contribution in [1.82, 2.24) is 21.3 Å². The Morgan fingerprint density at radius 2 is 1.32 bits per heavy atom. The molecule has 8 nitrogen and oxygen atoms in total. The van der Waals surface area contributed by atoms with Gasteiger partial charge in [-0.15, -0.1) is 0 Å². The summed E-state index contributed by atoms with van der Waals surface area (Å²) in [5.41, 5.74) is -0.452. The first-order chi connectivity index (χ1) is 10.0. The minimum absolute atomic E-state index is 0.0261. The van der Waals surface area contributed by atoms with Crippen LogP contribution in [0.1, 0.15) is 40.5 Å². The van der Waals surface area contributed by atoms with Gasteiger partial charge in [0, 0.05) is 0 Å². The minimum atomic E-state index is -0.452. The molecule has 0 saturated carbocycles. The highest BCUT2D eigenvalue weighted by atomic mass is 16.2. The molecule has 0 aromatic heterocycles. The lowest BCUT2D eigenvalue weighted by Gasteiger charge is -2.25. The highest BCUT2D eigenvalue weighted by molar-refractivity contribution is 5.97. The number of carbonyl (C=O) groups is 4. The predicted octanol–water partition coefficient (Wildman–Crippen LogP) is -0.704. The molecule has 0 saturated heterocycles. The smallest absolute Gasteiger partial charge is 0.228 e. The van der Waals surface area contributed by atoms with Crippen LogP contribution in [0.3, 0.4) is 0 Å². The molecule has 0 radical (unpaired) electrons. The first-order valence-corrected chi connectivity index (χ1v) is 6.94. The highest BCUT2D eigenvalue weighted by Crippen LogP contribution is 1.95. The van der Waals surface area contributed by atoms with Gasteiger partial charge in [0.1, 0.15) is 11.6 Å². The largest absolute Gasteiger partial charge is 0.343 e. The Labute approximate surface area is 131 Å². The summed E-state index contributed by atoms with van der Waals surface area (Å²) in [6, 6.07) is 0. The van der Waals surface area contributed by atoms with E-state index in [0.717, 1.165) is 0 Å². The van der Waals surface area contributed by atoms with Gasteiger partial charge in [0.25, 0.3) is 0 Å². The molecule has 0 atom stereocenters. The quantitative estimate of drug-likeness (QED) is 0.347. The summed E-state index contributed by atoms with van der Waals surface area (Å²) < 4.78 is 0. The third kappa shape index (κ3) is 16.3. The van der Waals surface area contributed by atoms with Crippen molar-refractivity contribution >= 4 is 23.4 Å². The number of hydrogen-bond acceptors (Lipinski definition) is 6. The second-order valence-electron chi connectivity index (χ2n) is 5.31. The summed E-state index contributed by atoms with van der Waals surface area (Å²) in [6.07, 6.45) is -0.0766. The molecule has 4 N–H and O–H groups in total. The average molecular weight is 316 g/mol. The summed E-state index contributed by atoms with van der Waals surface area (Å²) in [4.78, 5) is 42.6. The second kappa shape index (κ2) is 11.8. The molecule has 22 heavy (non-hydrogen) atoms. The van der Waals surface area contributed by atoms with E-state index in [4.69, 9.17) is 0 Å². The third-order valence-electron chi connectivity index (χ3n) is 2.36. The van der Waals surface area contributed by atoms with Crippen LogP contribution in [0, 0.1) is 0 Å². The predicted molar refractivity (Wildman–Crippen MR) is 83.9 cm³/mol. The zero-order valence-corrected chi connectivity index (χ0v) is 14.3. The van der Waals surface area contributed by atoms with E-state index in [0.29, 0.717) is 6.67 Å². The van der Waals surface area contributed by atoms with Crippen molar-refractivity contribution in [1.29, 1.82) is 0 Å². The molecule has 0 fully saturated rings. The van der Waals surface area contributed by atoms with Crippen LogP contribution in [-0.4, -0.2) is 49.8 Å². The lowest BCUT2D eigenvalue weighted by atomic mass is 10.2. The topological polar surface area (TPSA) is 116 Å². The average Bonchev–Trinajstić information content (AvgIpc) is 2.34. The molecule has 0 unspecified atom stereocenters. The molecule has 0 aromatic carbocycles. The first-order valence-electron chi connectivity index (χ1n) is 6.94. The van der Waals surface area contributed by atoms with Gasteiger partial charge in [-0.1, -0.05) is 0 Å². The van der Waals surface area contributed by atoms with Gasteiger partial charge in [-0.25, -0.2) is 0 Å². The van der Waals surface area contributed by atoms with Crippen LogP contribution in [0.15, 0.2) is 0 Å².